The molecule has 5 heteroatoms. The lowest BCUT2D eigenvalue weighted by Crippen LogP contribution is -2.13. The molecule has 0 saturated carbocycles. The standard InChI is InChI=1S/C20H20N2O3/c1-13-9-14(2)19(15(3)10-13)21-20(23)17-11-18(22-25-17)24-12-16-7-5-4-6-8-16/h4-11H,12H2,1-3H3,(H,21,23). The van der Waals surface area contributed by atoms with E-state index >= 15 is 0 Å². The number of hydrogen-bond acceptors (Lipinski definition) is 4. The molecule has 1 amide bonds. The van der Waals surface area contributed by atoms with Crippen molar-refractivity contribution in [3.8, 4) is 5.88 Å². The van der Waals surface area contributed by atoms with E-state index in [0.717, 1.165) is 27.9 Å². The number of carbonyl (C=O) groups excluding carboxylic acids is 1. The van der Waals surface area contributed by atoms with Crippen LogP contribution in [0.5, 0.6) is 5.88 Å². The van der Waals surface area contributed by atoms with Crippen LogP contribution in [0.4, 0.5) is 5.69 Å². The number of rotatable bonds is 5. The largest absolute Gasteiger partial charge is 0.471 e. The van der Waals surface area contributed by atoms with Gasteiger partial charge in [0.1, 0.15) is 6.61 Å². The van der Waals surface area contributed by atoms with Crippen LogP contribution in [0.25, 0.3) is 0 Å². The predicted octanol–water partition coefficient (Wildman–Crippen LogP) is 4.43. The molecule has 0 aliphatic heterocycles. The summed E-state index contributed by atoms with van der Waals surface area (Å²) in [6.45, 7) is 6.32. The summed E-state index contributed by atoms with van der Waals surface area (Å²) in [5.74, 6) is 0.0471. The van der Waals surface area contributed by atoms with Crippen LogP contribution < -0.4 is 10.1 Å². The van der Waals surface area contributed by atoms with Gasteiger partial charge in [-0.2, -0.15) is 0 Å². The fourth-order valence-corrected chi connectivity index (χ4v) is 2.72. The van der Waals surface area contributed by atoms with E-state index in [-0.39, 0.29) is 17.5 Å². The van der Waals surface area contributed by atoms with E-state index in [4.69, 9.17) is 9.26 Å². The minimum atomic E-state index is -0.350. The second kappa shape index (κ2) is 7.21. The summed E-state index contributed by atoms with van der Waals surface area (Å²) in [6.07, 6.45) is 0. The average Bonchev–Trinajstić information content (AvgIpc) is 3.06. The first kappa shape index (κ1) is 16.8. The van der Waals surface area contributed by atoms with Crippen LogP contribution in [-0.2, 0) is 6.61 Å². The van der Waals surface area contributed by atoms with E-state index in [2.05, 4.69) is 10.5 Å². The Hall–Kier alpha value is -3.08. The number of nitrogens with one attached hydrogen (secondary N) is 1. The molecule has 2 aromatic carbocycles. The van der Waals surface area contributed by atoms with E-state index < -0.39 is 0 Å². The molecule has 0 bridgehead atoms. The zero-order valence-electron chi connectivity index (χ0n) is 14.5. The van der Waals surface area contributed by atoms with Crippen LogP contribution in [-0.4, -0.2) is 11.1 Å². The SMILES string of the molecule is Cc1cc(C)c(NC(=O)c2cc(OCc3ccccc3)no2)c(C)c1. The highest BCUT2D eigenvalue weighted by Crippen LogP contribution is 2.23. The molecule has 0 spiro atoms. The van der Waals surface area contributed by atoms with Crippen molar-refractivity contribution in [2.45, 2.75) is 27.4 Å². The van der Waals surface area contributed by atoms with Crippen molar-refractivity contribution in [2.24, 2.45) is 0 Å². The third kappa shape index (κ3) is 4.07. The van der Waals surface area contributed by atoms with Crippen molar-refractivity contribution in [2.75, 3.05) is 5.32 Å². The molecule has 5 nitrogen and oxygen atoms in total. The van der Waals surface area contributed by atoms with Crippen LogP contribution in [0, 0.1) is 20.8 Å². The molecule has 0 aliphatic carbocycles. The monoisotopic (exact) mass is 336 g/mol. The summed E-state index contributed by atoms with van der Waals surface area (Å²) in [4.78, 5) is 12.4. The molecule has 3 aromatic rings. The number of aryl methyl sites for hydroxylation is 3. The molecule has 0 radical (unpaired) electrons. The summed E-state index contributed by atoms with van der Waals surface area (Å²) < 4.78 is 10.7. The smallest absolute Gasteiger partial charge is 0.294 e. The minimum absolute atomic E-state index is 0.113. The Morgan fingerprint density at radius 1 is 1.08 bits per heavy atom. The molecule has 0 unspecified atom stereocenters. The van der Waals surface area contributed by atoms with Gasteiger partial charge in [0.15, 0.2) is 0 Å². The highest BCUT2D eigenvalue weighted by atomic mass is 16.5. The molecule has 128 valence electrons. The third-order valence-corrected chi connectivity index (χ3v) is 3.86. The first-order chi connectivity index (χ1) is 12.0. The molecule has 3 rings (SSSR count). The summed E-state index contributed by atoms with van der Waals surface area (Å²) in [5, 5.41) is 6.68. The molecule has 25 heavy (non-hydrogen) atoms. The maximum absolute atomic E-state index is 12.4. The lowest BCUT2D eigenvalue weighted by atomic mass is 10.1. The molecule has 1 aromatic heterocycles. The Balaban J connectivity index is 1.67. The Kier molecular flexibility index (Phi) is 4.84. The maximum Gasteiger partial charge on any atom is 0.294 e. The first-order valence-corrected chi connectivity index (χ1v) is 8.05. The van der Waals surface area contributed by atoms with Gasteiger partial charge in [0.05, 0.1) is 6.07 Å². The van der Waals surface area contributed by atoms with Gasteiger partial charge >= 0.3 is 0 Å². The molecule has 1 N–H and O–H groups in total. The van der Waals surface area contributed by atoms with Crippen LogP contribution in [0.15, 0.2) is 53.1 Å². The Morgan fingerprint density at radius 3 is 2.44 bits per heavy atom. The maximum atomic E-state index is 12.4. The van der Waals surface area contributed by atoms with Crippen molar-refractivity contribution >= 4 is 11.6 Å². The molecular formula is C20H20N2O3. The first-order valence-electron chi connectivity index (χ1n) is 8.05. The second-order valence-electron chi connectivity index (χ2n) is 6.03. The van der Waals surface area contributed by atoms with Crippen LogP contribution in [0.1, 0.15) is 32.8 Å². The summed E-state index contributed by atoms with van der Waals surface area (Å²) >= 11 is 0. The molecular weight excluding hydrogens is 316 g/mol. The summed E-state index contributed by atoms with van der Waals surface area (Å²) in [5.41, 5.74) is 4.97. The summed E-state index contributed by atoms with van der Waals surface area (Å²) in [6, 6.07) is 15.3. The van der Waals surface area contributed by atoms with E-state index in [0.29, 0.717) is 6.61 Å². The Bertz CT molecular complexity index is 862. The van der Waals surface area contributed by atoms with Gasteiger partial charge in [0, 0.05) is 5.69 Å². The fourth-order valence-electron chi connectivity index (χ4n) is 2.72. The van der Waals surface area contributed by atoms with Crippen molar-refractivity contribution in [1.29, 1.82) is 0 Å². The number of nitrogens with zero attached hydrogens (tertiary/aromatic N) is 1. The molecule has 0 fully saturated rings. The molecule has 0 aliphatic rings. The second-order valence-corrected chi connectivity index (χ2v) is 6.03. The van der Waals surface area contributed by atoms with Crippen molar-refractivity contribution in [3.63, 3.8) is 0 Å². The number of carbonyl (C=O) groups is 1. The van der Waals surface area contributed by atoms with Gasteiger partial charge in [0.25, 0.3) is 11.8 Å². The fraction of sp³-hybridized carbons (Fsp3) is 0.200. The van der Waals surface area contributed by atoms with Gasteiger partial charge in [-0.3, -0.25) is 4.79 Å². The molecule has 0 atom stereocenters. The number of aromatic nitrogens is 1. The Morgan fingerprint density at radius 2 is 1.76 bits per heavy atom. The minimum Gasteiger partial charge on any atom is -0.471 e. The van der Waals surface area contributed by atoms with Gasteiger partial charge in [-0.1, -0.05) is 48.0 Å². The molecule has 1 heterocycles. The third-order valence-electron chi connectivity index (χ3n) is 3.86. The van der Waals surface area contributed by atoms with Crippen LogP contribution >= 0.6 is 0 Å². The van der Waals surface area contributed by atoms with Gasteiger partial charge in [-0.15, -0.1) is 0 Å². The van der Waals surface area contributed by atoms with Crippen molar-refractivity contribution in [3.05, 3.63) is 76.5 Å². The number of ether oxygens (including phenoxy) is 1. The number of amides is 1. The molecule has 0 saturated heterocycles. The zero-order chi connectivity index (χ0) is 17.8. The van der Waals surface area contributed by atoms with E-state index in [1.54, 1.807) is 0 Å². The van der Waals surface area contributed by atoms with Crippen molar-refractivity contribution < 1.29 is 14.1 Å². The average molecular weight is 336 g/mol. The van der Waals surface area contributed by atoms with Crippen molar-refractivity contribution in [1.82, 2.24) is 5.16 Å². The normalized spacial score (nSPS) is 10.5. The van der Waals surface area contributed by atoms with Gasteiger partial charge in [-0.05, 0) is 42.6 Å². The highest BCUT2D eigenvalue weighted by molar-refractivity contribution is 6.03. The quantitative estimate of drug-likeness (QED) is 0.748. The highest BCUT2D eigenvalue weighted by Gasteiger charge is 2.16. The number of benzene rings is 2. The Labute approximate surface area is 146 Å². The number of hydrogen-bond donors (Lipinski definition) is 1. The van der Waals surface area contributed by atoms with E-state index in [1.807, 2.05) is 63.2 Å². The lowest BCUT2D eigenvalue weighted by Gasteiger charge is -2.11. The topological polar surface area (TPSA) is 64.4 Å². The van der Waals surface area contributed by atoms with Crippen LogP contribution in [0.3, 0.4) is 0 Å². The van der Waals surface area contributed by atoms with E-state index in [1.165, 1.54) is 6.07 Å². The summed E-state index contributed by atoms with van der Waals surface area (Å²) in [7, 11) is 0. The van der Waals surface area contributed by atoms with Gasteiger partial charge < -0.3 is 14.6 Å². The van der Waals surface area contributed by atoms with Gasteiger partial charge in [-0.25, -0.2) is 0 Å². The lowest BCUT2D eigenvalue weighted by molar-refractivity contribution is 0.0987. The number of anilines is 1. The predicted molar refractivity (Wildman–Crippen MR) is 95.9 cm³/mol. The zero-order valence-corrected chi connectivity index (χ0v) is 14.5. The van der Waals surface area contributed by atoms with Gasteiger partial charge in [0.2, 0.25) is 5.76 Å². The van der Waals surface area contributed by atoms with Crippen LogP contribution in [0.2, 0.25) is 0 Å². The van der Waals surface area contributed by atoms with E-state index in [9.17, 15) is 4.79 Å².